The zero-order valence-corrected chi connectivity index (χ0v) is 23.1. The van der Waals surface area contributed by atoms with Crippen molar-refractivity contribution in [3.8, 4) is 0 Å². The van der Waals surface area contributed by atoms with Crippen LogP contribution < -0.4 is 0 Å². The summed E-state index contributed by atoms with van der Waals surface area (Å²) in [5.74, 6) is -12.8. The molecule has 0 aliphatic rings. The Bertz CT molecular complexity index is 815. The number of nitrogens with zero attached hydrogens (tertiary/aromatic N) is 1. The topological polar surface area (TPSA) is 57.2 Å². The minimum atomic E-state index is -5.77. The minimum Gasteiger partial charge on any atom is -0.744 e. The summed E-state index contributed by atoms with van der Waals surface area (Å²) in [4.78, 5) is -2.38. The molecule has 0 aliphatic heterocycles. The van der Waals surface area contributed by atoms with Crippen LogP contribution in [0.1, 0.15) is 105 Å². The molecule has 0 saturated heterocycles. The molecule has 1 aromatic rings. The number of unbranched alkanes of at least 4 members (excludes halogenated alkanes) is 8. The van der Waals surface area contributed by atoms with Gasteiger partial charge in [0.25, 0.3) is 0 Å². The van der Waals surface area contributed by atoms with Gasteiger partial charge in [0.1, 0.15) is 15.0 Å². The summed E-state index contributed by atoms with van der Waals surface area (Å²) in [5, 5.41) is 0. The molecule has 0 aromatic heterocycles. The molecular weight excluding hydrogens is 501 g/mol. The average Bonchev–Trinajstić information content (AvgIpc) is 2.84. The molecule has 0 N–H and O–H groups in total. The van der Waals surface area contributed by atoms with Crippen LogP contribution in [0.2, 0.25) is 0 Å². The minimum absolute atomic E-state index is 1.36. The van der Waals surface area contributed by atoms with Gasteiger partial charge >= 0.3 is 0 Å². The van der Waals surface area contributed by atoms with E-state index in [4.69, 9.17) is 0 Å². The van der Waals surface area contributed by atoms with E-state index >= 15 is 0 Å². The highest BCUT2D eigenvalue weighted by Crippen LogP contribution is 2.26. The SMILES string of the molecule is CCCCCCCC[N+](CCCC)(CCCC)CCCC.O=S(=O)([O-])c1c(F)c(F)c(F)c(F)c1F. The number of rotatable bonds is 17. The van der Waals surface area contributed by atoms with Gasteiger partial charge in [-0.25, -0.2) is 30.4 Å². The molecule has 212 valence electrons. The smallest absolute Gasteiger partial charge is 0.200 e. The molecule has 0 bridgehead atoms. The van der Waals surface area contributed by atoms with Crippen LogP contribution in [0.3, 0.4) is 0 Å². The first-order chi connectivity index (χ1) is 16.9. The van der Waals surface area contributed by atoms with Crippen LogP contribution in [0.25, 0.3) is 0 Å². The first-order valence-corrected chi connectivity index (χ1v) is 14.7. The summed E-state index contributed by atoms with van der Waals surface area (Å²) in [6.45, 7) is 15.1. The molecule has 0 amide bonds. The molecule has 0 aliphatic carbocycles. The molecule has 0 heterocycles. The number of hydrogen-bond donors (Lipinski definition) is 0. The molecule has 0 radical (unpaired) electrons. The van der Waals surface area contributed by atoms with Gasteiger partial charge in [-0.3, -0.25) is 0 Å². The normalized spacial score (nSPS) is 11.9. The van der Waals surface area contributed by atoms with E-state index in [9.17, 15) is 34.9 Å². The van der Waals surface area contributed by atoms with E-state index in [1.54, 1.807) is 0 Å². The van der Waals surface area contributed by atoms with Gasteiger partial charge < -0.3 is 9.04 Å². The molecular formula is C26H44F5NO3S. The van der Waals surface area contributed by atoms with Crippen LogP contribution in [0.4, 0.5) is 22.0 Å². The lowest BCUT2D eigenvalue weighted by molar-refractivity contribution is -0.929. The van der Waals surface area contributed by atoms with Gasteiger partial charge in [0, 0.05) is 0 Å². The second kappa shape index (κ2) is 18.1. The molecule has 1 aromatic carbocycles. The van der Waals surface area contributed by atoms with Crippen molar-refractivity contribution in [2.24, 2.45) is 0 Å². The van der Waals surface area contributed by atoms with Gasteiger partial charge in [-0.05, 0) is 32.1 Å². The van der Waals surface area contributed by atoms with E-state index in [0.717, 1.165) is 0 Å². The zero-order chi connectivity index (χ0) is 27.8. The zero-order valence-electron chi connectivity index (χ0n) is 22.3. The van der Waals surface area contributed by atoms with Crippen molar-refractivity contribution in [3.63, 3.8) is 0 Å². The lowest BCUT2D eigenvalue weighted by Crippen LogP contribution is -2.50. The molecule has 0 atom stereocenters. The summed E-state index contributed by atoms with van der Waals surface area (Å²) < 4.78 is 94.3. The second-order valence-corrected chi connectivity index (χ2v) is 10.7. The third-order valence-electron chi connectivity index (χ3n) is 6.36. The van der Waals surface area contributed by atoms with Crippen molar-refractivity contribution >= 4 is 10.1 Å². The van der Waals surface area contributed by atoms with Crippen molar-refractivity contribution in [2.45, 2.75) is 110 Å². The third kappa shape index (κ3) is 11.9. The maximum atomic E-state index is 12.6. The highest BCUT2D eigenvalue weighted by Gasteiger charge is 2.29. The van der Waals surface area contributed by atoms with E-state index in [-0.39, 0.29) is 0 Å². The van der Waals surface area contributed by atoms with Crippen molar-refractivity contribution in [3.05, 3.63) is 29.1 Å². The van der Waals surface area contributed by atoms with E-state index in [0.29, 0.717) is 0 Å². The Morgan fingerprint density at radius 3 is 1.19 bits per heavy atom. The van der Waals surface area contributed by atoms with Crippen LogP contribution in [-0.4, -0.2) is 43.6 Å². The lowest BCUT2D eigenvalue weighted by Gasteiger charge is -2.39. The van der Waals surface area contributed by atoms with Gasteiger partial charge in [-0.2, -0.15) is 0 Å². The molecule has 10 heteroatoms. The van der Waals surface area contributed by atoms with Gasteiger partial charge in [0.05, 0.1) is 26.2 Å². The highest BCUT2D eigenvalue weighted by atomic mass is 32.2. The van der Waals surface area contributed by atoms with Crippen LogP contribution in [0.5, 0.6) is 0 Å². The van der Waals surface area contributed by atoms with Crippen molar-refractivity contribution in [1.82, 2.24) is 0 Å². The fourth-order valence-corrected chi connectivity index (χ4v) is 4.80. The molecule has 0 fully saturated rings. The summed E-state index contributed by atoms with van der Waals surface area (Å²) in [6.07, 6.45) is 17.0. The van der Waals surface area contributed by atoms with E-state index < -0.39 is 44.1 Å². The Hall–Kier alpha value is -1.26. The Morgan fingerprint density at radius 2 is 0.833 bits per heavy atom. The van der Waals surface area contributed by atoms with Crippen LogP contribution in [-0.2, 0) is 10.1 Å². The first-order valence-electron chi connectivity index (χ1n) is 13.2. The number of halogens is 5. The Kier molecular flexibility index (Phi) is 17.4. The molecule has 0 spiro atoms. The first kappa shape index (κ1) is 34.7. The summed E-state index contributed by atoms with van der Waals surface area (Å²) in [5.41, 5.74) is 0. The third-order valence-corrected chi connectivity index (χ3v) is 7.22. The van der Waals surface area contributed by atoms with Crippen LogP contribution in [0.15, 0.2) is 4.90 Å². The molecule has 1 rings (SSSR count). The predicted molar refractivity (Wildman–Crippen MR) is 132 cm³/mol. The number of hydrogen-bond acceptors (Lipinski definition) is 3. The predicted octanol–water partition coefficient (Wildman–Crippen LogP) is 7.85. The van der Waals surface area contributed by atoms with Crippen molar-refractivity contribution < 1.29 is 39.4 Å². The fraction of sp³-hybridized carbons (Fsp3) is 0.769. The maximum absolute atomic E-state index is 12.6. The molecule has 4 nitrogen and oxygen atoms in total. The Labute approximate surface area is 214 Å². The van der Waals surface area contributed by atoms with Crippen LogP contribution >= 0.6 is 0 Å². The van der Waals surface area contributed by atoms with E-state index in [1.165, 1.54) is 108 Å². The second-order valence-electron chi connectivity index (χ2n) is 9.42. The molecule has 36 heavy (non-hydrogen) atoms. The van der Waals surface area contributed by atoms with E-state index in [2.05, 4.69) is 27.7 Å². The summed E-state index contributed by atoms with van der Waals surface area (Å²) in [7, 11) is -5.77. The Morgan fingerprint density at radius 1 is 0.528 bits per heavy atom. The molecule has 0 unspecified atom stereocenters. The average molecular weight is 546 g/mol. The van der Waals surface area contributed by atoms with E-state index in [1.807, 2.05) is 0 Å². The lowest BCUT2D eigenvalue weighted by atomic mass is 10.1. The largest absolute Gasteiger partial charge is 0.744 e. The standard InChI is InChI=1S/C20H44N.C6HF5O3S/c1-5-9-13-14-15-16-20-21(17-10-6-2,18-11-7-3)19-12-8-4;7-1-2(8)4(10)6(15(12,13)14)5(11)3(1)9/h5-20H2,1-4H3;(H,12,13,14)/q+1;/p-1. The summed E-state index contributed by atoms with van der Waals surface area (Å²) >= 11 is 0. The van der Waals surface area contributed by atoms with Crippen LogP contribution in [0, 0.1) is 29.1 Å². The molecule has 0 saturated carbocycles. The monoisotopic (exact) mass is 545 g/mol. The maximum Gasteiger partial charge on any atom is 0.200 e. The van der Waals surface area contributed by atoms with Gasteiger partial charge in [-0.1, -0.05) is 72.6 Å². The van der Waals surface area contributed by atoms with Gasteiger partial charge in [0.2, 0.25) is 5.82 Å². The van der Waals surface area contributed by atoms with Gasteiger partial charge in [-0.15, -0.1) is 0 Å². The quantitative estimate of drug-likeness (QED) is 0.0500. The fourth-order valence-electron chi connectivity index (χ4n) is 4.18. The Balaban J connectivity index is 0.000000717. The van der Waals surface area contributed by atoms with Crippen molar-refractivity contribution in [1.29, 1.82) is 0 Å². The highest BCUT2D eigenvalue weighted by molar-refractivity contribution is 7.85. The number of benzene rings is 1. The number of quaternary nitrogens is 1. The van der Waals surface area contributed by atoms with Gasteiger partial charge in [0.15, 0.2) is 23.3 Å². The summed E-state index contributed by atoms with van der Waals surface area (Å²) in [6, 6.07) is 0. The van der Waals surface area contributed by atoms with Crippen molar-refractivity contribution in [2.75, 3.05) is 26.2 Å².